The van der Waals surface area contributed by atoms with Crippen LogP contribution in [0.25, 0.3) is 0 Å². The minimum atomic E-state index is -1.12. The fourth-order valence-corrected chi connectivity index (χ4v) is 2.04. The van der Waals surface area contributed by atoms with E-state index in [9.17, 15) is 9.59 Å². The van der Waals surface area contributed by atoms with Gasteiger partial charge in [0.25, 0.3) is 0 Å². The first-order valence-corrected chi connectivity index (χ1v) is 5.94. The van der Waals surface area contributed by atoms with E-state index < -0.39 is 24.2 Å². The van der Waals surface area contributed by atoms with E-state index in [1.54, 1.807) is 0 Å². The minimum absolute atomic E-state index is 0.0497. The lowest BCUT2D eigenvalue weighted by Gasteiger charge is -2.20. The summed E-state index contributed by atoms with van der Waals surface area (Å²) in [6.07, 6.45) is -1.21. The van der Waals surface area contributed by atoms with Crippen molar-refractivity contribution in [2.75, 3.05) is 6.54 Å². The van der Waals surface area contributed by atoms with Gasteiger partial charge in [-0.3, -0.25) is 4.90 Å². The van der Waals surface area contributed by atoms with Gasteiger partial charge in [-0.15, -0.1) is 0 Å². The van der Waals surface area contributed by atoms with Crippen LogP contribution < -0.4 is 0 Å². The maximum absolute atomic E-state index is 11.9. The Morgan fingerprint density at radius 1 is 1.42 bits per heavy atom. The lowest BCUT2D eigenvalue weighted by molar-refractivity contribution is -0.141. The number of carbonyl (C=O) groups is 2. The number of carboxylic acid groups (broad SMARTS) is 1. The van der Waals surface area contributed by atoms with E-state index in [1.165, 1.54) is 0 Å². The third-order valence-corrected chi connectivity index (χ3v) is 2.99. The first-order valence-electron chi connectivity index (χ1n) is 6.34. The van der Waals surface area contributed by atoms with Gasteiger partial charge in [-0.2, -0.15) is 0 Å². The van der Waals surface area contributed by atoms with Crippen LogP contribution in [-0.2, 0) is 16.1 Å². The predicted octanol–water partition coefficient (Wildman–Crippen LogP) is 0.843. The number of ether oxygens (including phenoxy) is 1. The van der Waals surface area contributed by atoms with E-state index in [0.29, 0.717) is 0 Å². The van der Waals surface area contributed by atoms with Gasteiger partial charge >= 0.3 is 12.1 Å². The van der Waals surface area contributed by atoms with Gasteiger partial charge in [-0.05, 0) is 5.56 Å². The van der Waals surface area contributed by atoms with Gasteiger partial charge in [0.15, 0.2) is 0 Å². The molecule has 0 radical (unpaired) electrons. The highest BCUT2D eigenvalue weighted by atomic mass is 16.6. The molecule has 6 heteroatoms. The molecule has 0 bridgehead atoms. The van der Waals surface area contributed by atoms with Gasteiger partial charge < -0.3 is 15.0 Å². The van der Waals surface area contributed by atoms with E-state index in [-0.39, 0.29) is 19.6 Å². The number of hydrogen-bond acceptors (Lipinski definition) is 4. The van der Waals surface area contributed by atoms with Gasteiger partial charge in [0, 0.05) is 6.42 Å². The Hall–Kier alpha value is -2.08. The number of aliphatic hydroxyl groups is 1. The third kappa shape index (κ3) is 3.23. The number of benzene rings is 1. The quantitative estimate of drug-likeness (QED) is 0.843. The molecule has 2 rings (SSSR count). The molecule has 0 unspecified atom stereocenters. The molecule has 0 saturated carbocycles. The lowest BCUT2D eigenvalue weighted by Crippen LogP contribution is -2.40. The van der Waals surface area contributed by atoms with Crippen molar-refractivity contribution < 1.29 is 24.5 Å². The maximum Gasteiger partial charge on any atom is 0.410 e. The Morgan fingerprint density at radius 3 is 2.79 bits per heavy atom. The van der Waals surface area contributed by atoms with Gasteiger partial charge in [-0.25, -0.2) is 9.59 Å². The third-order valence-electron chi connectivity index (χ3n) is 2.99. The van der Waals surface area contributed by atoms with Crippen molar-refractivity contribution in [1.29, 1.82) is 1.43 Å². The Morgan fingerprint density at radius 2 is 2.16 bits per heavy atom. The zero-order chi connectivity index (χ0) is 14.5. The van der Waals surface area contributed by atoms with Crippen LogP contribution in [-0.4, -0.2) is 47.3 Å². The Kier molecular flexibility index (Phi) is 3.60. The van der Waals surface area contributed by atoms with E-state index in [4.69, 9.17) is 11.3 Å². The molecular formula is C13H15NO5. The van der Waals surface area contributed by atoms with Crippen LogP contribution >= 0.6 is 0 Å². The molecular weight excluding hydrogens is 250 g/mol. The number of carbonyl (C=O) groups excluding carboxylic acids is 1. The smallest absolute Gasteiger partial charge is 0.410 e. The number of aliphatic carboxylic acids is 1. The van der Waals surface area contributed by atoms with E-state index >= 15 is 0 Å². The standard InChI is InChI=1S/C13H15NO5/c15-10-6-11(12(16)17)14(7-10)13(18)19-8-9-4-2-1-3-5-9/h1-5,10-11,15H,6-8H2,(H,16,17)/t10-,11-/m0/s1/i15D. The van der Waals surface area contributed by atoms with Crippen LogP contribution in [0.15, 0.2) is 30.3 Å². The molecule has 19 heavy (non-hydrogen) atoms. The lowest BCUT2D eigenvalue weighted by atomic mass is 10.2. The van der Waals surface area contributed by atoms with E-state index in [0.717, 1.165) is 10.5 Å². The molecule has 1 fully saturated rings. The van der Waals surface area contributed by atoms with Crippen molar-refractivity contribution in [2.45, 2.75) is 25.2 Å². The first kappa shape index (κ1) is 12.0. The number of likely N-dealkylation sites (tertiary alicyclic amines) is 1. The van der Waals surface area contributed by atoms with Crippen LogP contribution in [0.5, 0.6) is 0 Å². The number of nitrogens with zero attached hydrogens (tertiary/aromatic N) is 1. The van der Waals surface area contributed by atoms with Crippen molar-refractivity contribution in [3.8, 4) is 0 Å². The predicted molar refractivity (Wildman–Crippen MR) is 65.4 cm³/mol. The molecule has 1 aromatic carbocycles. The van der Waals surface area contributed by atoms with E-state index in [2.05, 4.69) is 5.11 Å². The molecule has 1 aliphatic rings. The van der Waals surface area contributed by atoms with Crippen molar-refractivity contribution >= 4 is 12.1 Å². The second kappa shape index (κ2) is 5.71. The number of carboxylic acids is 1. The van der Waals surface area contributed by atoms with Crippen molar-refractivity contribution in [1.82, 2.24) is 4.90 Å². The maximum atomic E-state index is 11.9. The highest BCUT2D eigenvalue weighted by molar-refractivity contribution is 5.80. The number of aliphatic hydroxyl groups excluding tert-OH is 1. The summed E-state index contributed by atoms with van der Waals surface area (Å²) in [5.74, 6) is -1.12. The van der Waals surface area contributed by atoms with Crippen LogP contribution in [0.3, 0.4) is 0 Å². The summed E-state index contributed by atoms with van der Waals surface area (Å²) in [5, 5.41) is 13.4. The molecule has 1 saturated heterocycles. The molecule has 0 aromatic heterocycles. The second-order valence-electron chi connectivity index (χ2n) is 4.40. The van der Waals surface area contributed by atoms with Crippen LogP contribution in [0, 0.1) is 0 Å². The second-order valence-corrected chi connectivity index (χ2v) is 4.40. The normalized spacial score (nSPS) is 22.9. The summed E-state index contributed by atoms with van der Waals surface area (Å²) in [6, 6.07) is 8.10. The van der Waals surface area contributed by atoms with Crippen LogP contribution in [0.1, 0.15) is 12.0 Å². The Bertz CT molecular complexity index is 481. The average Bonchev–Trinajstić information content (AvgIpc) is 2.90. The molecule has 1 amide bonds. The minimum Gasteiger partial charge on any atom is -0.480 e. The summed E-state index contributed by atoms with van der Waals surface area (Å²) in [4.78, 5) is 24.1. The summed E-state index contributed by atoms with van der Waals surface area (Å²) >= 11 is 0. The largest absolute Gasteiger partial charge is 0.480 e. The molecule has 6 nitrogen and oxygen atoms in total. The molecule has 0 spiro atoms. The van der Waals surface area contributed by atoms with Gasteiger partial charge in [0.05, 0.1) is 12.6 Å². The van der Waals surface area contributed by atoms with Crippen LogP contribution in [0.4, 0.5) is 4.79 Å². The van der Waals surface area contributed by atoms with Crippen molar-refractivity contribution in [2.24, 2.45) is 0 Å². The number of β-amino-alcohol motifs (C(OH)–C–C–N with tert-alkyl or cyclic N) is 1. The zero-order valence-electron chi connectivity index (χ0n) is 11.2. The van der Waals surface area contributed by atoms with E-state index in [1.807, 2.05) is 30.3 Å². The summed E-state index contributed by atoms with van der Waals surface area (Å²) in [6.45, 7) is 0.128. The summed E-state index contributed by atoms with van der Waals surface area (Å²) in [5.41, 5.74) is 0.820. The number of amides is 1. The van der Waals surface area contributed by atoms with Gasteiger partial charge in [0.2, 0.25) is 1.43 Å². The summed E-state index contributed by atoms with van der Waals surface area (Å²) < 4.78 is 11.9. The molecule has 102 valence electrons. The Labute approximate surface area is 111 Å². The van der Waals surface area contributed by atoms with Gasteiger partial charge in [0.1, 0.15) is 12.6 Å². The van der Waals surface area contributed by atoms with Crippen LogP contribution in [0.2, 0.25) is 0 Å². The highest BCUT2D eigenvalue weighted by Gasteiger charge is 2.39. The molecule has 2 atom stereocenters. The number of rotatable bonds is 4. The van der Waals surface area contributed by atoms with Crippen molar-refractivity contribution in [3.63, 3.8) is 0 Å². The molecule has 0 aliphatic carbocycles. The molecule has 1 aliphatic heterocycles. The first-order chi connectivity index (χ1) is 9.61. The topological polar surface area (TPSA) is 87.1 Å². The fraction of sp³-hybridized carbons (Fsp3) is 0.385. The SMILES string of the molecule is [2H]O[C@H]1C[C@@H](C(=O)O)N(C(=O)OCc2ccccc2)C1. The number of hydrogen-bond donors (Lipinski definition) is 2. The molecule has 1 heterocycles. The average molecular weight is 266 g/mol. The highest BCUT2D eigenvalue weighted by Crippen LogP contribution is 2.19. The van der Waals surface area contributed by atoms with Gasteiger partial charge in [-0.1, -0.05) is 30.3 Å². The Balaban J connectivity index is 1.95. The summed E-state index contributed by atoms with van der Waals surface area (Å²) in [7, 11) is 0. The monoisotopic (exact) mass is 266 g/mol. The molecule has 1 aromatic rings. The van der Waals surface area contributed by atoms with Crippen molar-refractivity contribution in [3.05, 3.63) is 35.9 Å². The zero-order valence-corrected chi connectivity index (χ0v) is 10.2. The fourth-order valence-electron chi connectivity index (χ4n) is 2.04. The molecule has 2 N–H and O–H groups in total.